The van der Waals surface area contributed by atoms with Crippen LogP contribution in [0.2, 0.25) is 0 Å². The fourth-order valence-corrected chi connectivity index (χ4v) is 3.03. The van der Waals surface area contributed by atoms with E-state index in [4.69, 9.17) is 4.74 Å². The average Bonchev–Trinajstić information content (AvgIpc) is 2.87. The molecule has 0 saturated carbocycles. The number of aliphatic imine (C=N–C) groups is 1. The van der Waals surface area contributed by atoms with Crippen LogP contribution in [0.3, 0.4) is 0 Å². The lowest BCUT2D eigenvalue weighted by atomic mass is 10.1. The Hall–Kier alpha value is -0.870. The van der Waals surface area contributed by atoms with Crippen LogP contribution < -0.4 is 4.90 Å². The molecule has 0 radical (unpaired) electrons. The maximum Gasteiger partial charge on any atom is 0.110 e. The van der Waals surface area contributed by atoms with Crippen LogP contribution in [0.4, 0.5) is 5.00 Å². The molecule has 3 nitrogen and oxygen atoms in total. The molecule has 2 aliphatic heterocycles. The van der Waals surface area contributed by atoms with Crippen LogP contribution in [-0.4, -0.2) is 32.6 Å². The van der Waals surface area contributed by atoms with Crippen LogP contribution in [0, 0.1) is 5.92 Å². The molecular weight excluding hydrogens is 208 g/mol. The summed E-state index contributed by atoms with van der Waals surface area (Å²) in [4.78, 5) is 6.76. The van der Waals surface area contributed by atoms with Gasteiger partial charge in [-0.05, 0) is 17.9 Å². The van der Waals surface area contributed by atoms with Gasteiger partial charge in [-0.3, -0.25) is 4.99 Å². The maximum atomic E-state index is 5.41. The molecule has 0 amide bonds. The molecule has 0 N–H and O–H groups in total. The van der Waals surface area contributed by atoms with Gasteiger partial charge < -0.3 is 9.64 Å². The summed E-state index contributed by atoms with van der Waals surface area (Å²) in [7, 11) is 0. The second-order valence-electron chi connectivity index (χ2n) is 4.09. The first-order valence-electron chi connectivity index (χ1n) is 5.33. The molecule has 1 saturated heterocycles. The van der Waals surface area contributed by atoms with Crippen molar-refractivity contribution in [3.8, 4) is 0 Å². The standard InChI is InChI=1S/C11H14N2OS/c1-3-14-7-9(1)6-13-8-12-5-10-2-4-15-11(10)13/h2,4-5,9H,1,3,6-8H2. The first kappa shape index (κ1) is 9.36. The number of anilines is 1. The summed E-state index contributed by atoms with van der Waals surface area (Å²) in [6, 6.07) is 2.14. The van der Waals surface area contributed by atoms with E-state index in [-0.39, 0.29) is 0 Å². The van der Waals surface area contributed by atoms with Crippen molar-refractivity contribution in [1.82, 2.24) is 0 Å². The molecule has 1 aromatic heterocycles. The van der Waals surface area contributed by atoms with Gasteiger partial charge >= 0.3 is 0 Å². The van der Waals surface area contributed by atoms with E-state index in [0.29, 0.717) is 5.92 Å². The van der Waals surface area contributed by atoms with Crippen LogP contribution in [0.5, 0.6) is 0 Å². The van der Waals surface area contributed by atoms with Crippen molar-refractivity contribution >= 4 is 22.6 Å². The Morgan fingerprint density at radius 2 is 2.60 bits per heavy atom. The Kier molecular flexibility index (Phi) is 2.46. The summed E-state index contributed by atoms with van der Waals surface area (Å²) in [5.74, 6) is 0.688. The monoisotopic (exact) mass is 222 g/mol. The van der Waals surface area contributed by atoms with Gasteiger partial charge in [0.2, 0.25) is 0 Å². The fourth-order valence-electron chi connectivity index (χ4n) is 2.15. The van der Waals surface area contributed by atoms with Gasteiger partial charge in [0.25, 0.3) is 0 Å². The Morgan fingerprint density at radius 3 is 3.47 bits per heavy atom. The number of hydrogen-bond donors (Lipinski definition) is 0. The molecule has 4 heteroatoms. The second-order valence-corrected chi connectivity index (χ2v) is 4.98. The summed E-state index contributed by atoms with van der Waals surface area (Å²) in [6.45, 7) is 3.74. The SMILES string of the molecule is C1=NCN(CC2CCOC2)c2sccc21. The first-order chi connectivity index (χ1) is 7.43. The smallest absolute Gasteiger partial charge is 0.110 e. The third-order valence-corrected chi connectivity index (χ3v) is 3.94. The molecule has 0 aromatic carbocycles. The molecular formula is C11H14N2OS. The van der Waals surface area contributed by atoms with E-state index in [2.05, 4.69) is 21.3 Å². The number of ether oxygens (including phenoxy) is 1. The highest BCUT2D eigenvalue weighted by atomic mass is 32.1. The molecule has 1 aromatic rings. The van der Waals surface area contributed by atoms with Gasteiger partial charge in [-0.1, -0.05) is 0 Å². The Balaban J connectivity index is 1.74. The van der Waals surface area contributed by atoms with Gasteiger partial charge in [-0.2, -0.15) is 0 Å². The number of thiophene rings is 1. The largest absolute Gasteiger partial charge is 0.381 e. The molecule has 80 valence electrons. The molecule has 1 fully saturated rings. The first-order valence-corrected chi connectivity index (χ1v) is 6.21. The van der Waals surface area contributed by atoms with Crippen LogP contribution >= 0.6 is 11.3 Å². The summed E-state index contributed by atoms with van der Waals surface area (Å²) in [5, 5.41) is 3.51. The lowest BCUT2D eigenvalue weighted by molar-refractivity contribution is 0.186. The van der Waals surface area contributed by atoms with Crippen LogP contribution in [-0.2, 0) is 4.74 Å². The molecule has 1 atom stereocenters. The molecule has 2 aliphatic rings. The van der Waals surface area contributed by atoms with E-state index < -0.39 is 0 Å². The Labute approximate surface area is 93.4 Å². The lowest BCUT2D eigenvalue weighted by Gasteiger charge is -2.26. The minimum absolute atomic E-state index is 0.688. The number of hydrogen-bond acceptors (Lipinski definition) is 4. The van der Waals surface area contributed by atoms with Gasteiger partial charge in [0.1, 0.15) is 11.7 Å². The molecule has 3 rings (SSSR count). The van der Waals surface area contributed by atoms with Crippen LogP contribution in [0.15, 0.2) is 16.4 Å². The van der Waals surface area contributed by atoms with Crippen molar-refractivity contribution in [2.45, 2.75) is 6.42 Å². The molecule has 0 aliphatic carbocycles. The van der Waals surface area contributed by atoms with Crippen molar-refractivity contribution in [2.75, 3.05) is 31.3 Å². The van der Waals surface area contributed by atoms with E-state index >= 15 is 0 Å². The summed E-state index contributed by atoms with van der Waals surface area (Å²) in [5.41, 5.74) is 1.27. The van der Waals surface area contributed by atoms with Gasteiger partial charge in [-0.15, -0.1) is 11.3 Å². The highest BCUT2D eigenvalue weighted by molar-refractivity contribution is 7.14. The highest BCUT2D eigenvalue weighted by Gasteiger charge is 2.22. The van der Waals surface area contributed by atoms with Gasteiger partial charge in [0, 0.05) is 30.8 Å². The third kappa shape index (κ3) is 1.79. The van der Waals surface area contributed by atoms with Crippen molar-refractivity contribution in [2.24, 2.45) is 10.9 Å². The zero-order valence-electron chi connectivity index (χ0n) is 8.56. The fraction of sp³-hybridized carbons (Fsp3) is 0.545. The minimum Gasteiger partial charge on any atom is -0.381 e. The van der Waals surface area contributed by atoms with Crippen LogP contribution in [0.25, 0.3) is 0 Å². The van der Waals surface area contributed by atoms with Gasteiger partial charge in [0.05, 0.1) is 6.61 Å². The summed E-state index contributed by atoms with van der Waals surface area (Å²) < 4.78 is 5.41. The average molecular weight is 222 g/mol. The summed E-state index contributed by atoms with van der Waals surface area (Å²) in [6.07, 6.45) is 3.18. The Bertz CT molecular complexity index is 368. The third-order valence-electron chi connectivity index (χ3n) is 2.95. The molecule has 1 unspecified atom stereocenters. The van der Waals surface area contributed by atoms with Gasteiger partial charge in [0.15, 0.2) is 0 Å². The molecule has 15 heavy (non-hydrogen) atoms. The quantitative estimate of drug-likeness (QED) is 0.764. The zero-order chi connectivity index (χ0) is 10.1. The predicted octanol–water partition coefficient (Wildman–Crippen LogP) is 1.98. The minimum atomic E-state index is 0.688. The van der Waals surface area contributed by atoms with E-state index in [1.807, 2.05) is 17.6 Å². The van der Waals surface area contributed by atoms with E-state index in [0.717, 1.165) is 26.4 Å². The molecule has 0 bridgehead atoms. The maximum absolute atomic E-state index is 5.41. The van der Waals surface area contributed by atoms with E-state index in [1.54, 1.807) is 0 Å². The van der Waals surface area contributed by atoms with E-state index in [9.17, 15) is 0 Å². The normalized spacial score (nSPS) is 24.5. The summed E-state index contributed by atoms with van der Waals surface area (Å²) >= 11 is 1.81. The molecule has 3 heterocycles. The lowest BCUT2D eigenvalue weighted by Crippen LogP contribution is -2.31. The van der Waals surface area contributed by atoms with Gasteiger partial charge in [-0.25, -0.2) is 0 Å². The Morgan fingerprint density at radius 1 is 1.60 bits per heavy atom. The van der Waals surface area contributed by atoms with Crippen molar-refractivity contribution in [3.05, 3.63) is 17.0 Å². The topological polar surface area (TPSA) is 24.8 Å². The van der Waals surface area contributed by atoms with E-state index in [1.165, 1.54) is 17.0 Å². The second kappa shape index (κ2) is 3.94. The van der Waals surface area contributed by atoms with Crippen molar-refractivity contribution in [1.29, 1.82) is 0 Å². The number of fused-ring (bicyclic) bond motifs is 1. The number of rotatable bonds is 2. The van der Waals surface area contributed by atoms with Crippen molar-refractivity contribution < 1.29 is 4.74 Å². The zero-order valence-corrected chi connectivity index (χ0v) is 9.37. The predicted molar refractivity (Wildman–Crippen MR) is 63.1 cm³/mol. The van der Waals surface area contributed by atoms with Crippen LogP contribution in [0.1, 0.15) is 12.0 Å². The number of nitrogens with zero attached hydrogens (tertiary/aromatic N) is 2. The highest BCUT2D eigenvalue weighted by Crippen LogP contribution is 2.30. The molecule has 0 spiro atoms. The van der Waals surface area contributed by atoms with Crippen molar-refractivity contribution in [3.63, 3.8) is 0 Å².